The Bertz CT molecular complexity index is 943. The number of furan rings is 1. The van der Waals surface area contributed by atoms with Crippen molar-refractivity contribution in [2.45, 2.75) is 47.1 Å². The molecule has 8 heteroatoms. The number of aryl methyl sites for hydroxylation is 3. The molecule has 3 heterocycles. The number of carbonyl (C=O) groups excluding carboxylic acids is 1. The zero-order chi connectivity index (χ0) is 20.8. The molecule has 0 saturated heterocycles. The van der Waals surface area contributed by atoms with Crippen LogP contribution in [0.4, 0.5) is 0 Å². The van der Waals surface area contributed by atoms with Gasteiger partial charge in [0, 0.05) is 35.8 Å². The number of hydrogen-bond acceptors (Lipinski definition) is 6. The van der Waals surface area contributed by atoms with Crippen molar-refractivity contribution in [2.75, 3.05) is 13.2 Å². The highest BCUT2D eigenvalue weighted by Crippen LogP contribution is 2.17. The fourth-order valence-electron chi connectivity index (χ4n) is 3.12. The van der Waals surface area contributed by atoms with Gasteiger partial charge in [0.15, 0.2) is 0 Å². The number of amides is 1. The van der Waals surface area contributed by atoms with Crippen molar-refractivity contribution >= 4 is 5.91 Å². The highest BCUT2D eigenvalue weighted by Gasteiger charge is 2.17. The third kappa shape index (κ3) is 5.51. The van der Waals surface area contributed by atoms with E-state index in [0.29, 0.717) is 25.7 Å². The quantitative estimate of drug-likeness (QED) is 0.558. The van der Waals surface area contributed by atoms with E-state index in [9.17, 15) is 4.79 Å². The van der Waals surface area contributed by atoms with Crippen LogP contribution in [0, 0.1) is 27.7 Å². The summed E-state index contributed by atoms with van der Waals surface area (Å²) >= 11 is 0. The first-order chi connectivity index (χ1) is 13.9. The van der Waals surface area contributed by atoms with Crippen LogP contribution >= 0.6 is 0 Å². The topological polar surface area (TPSA) is 95.1 Å². The maximum atomic E-state index is 12.4. The van der Waals surface area contributed by atoms with Gasteiger partial charge in [-0.15, -0.1) is 0 Å². The van der Waals surface area contributed by atoms with Gasteiger partial charge >= 0.3 is 0 Å². The number of carbonyl (C=O) groups is 1. The smallest absolute Gasteiger partial charge is 0.251 e. The van der Waals surface area contributed by atoms with E-state index >= 15 is 0 Å². The van der Waals surface area contributed by atoms with E-state index in [4.69, 9.17) is 9.15 Å². The van der Waals surface area contributed by atoms with Gasteiger partial charge in [0.1, 0.15) is 12.4 Å². The molecule has 29 heavy (non-hydrogen) atoms. The van der Waals surface area contributed by atoms with Crippen LogP contribution in [0.2, 0.25) is 0 Å². The molecule has 0 aromatic carbocycles. The molecule has 154 valence electrons. The first-order valence-electron chi connectivity index (χ1n) is 9.68. The van der Waals surface area contributed by atoms with E-state index < -0.39 is 0 Å². The minimum atomic E-state index is -0.0388. The number of ether oxygens (including phenoxy) is 1. The van der Waals surface area contributed by atoms with E-state index in [1.807, 2.05) is 45.9 Å². The second-order valence-corrected chi connectivity index (χ2v) is 7.02. The second kappa shape index (κ2) is 9.47. The van der Waals surface area contributed by atoms with E-state index in [2.05, 4.69) is 20.4 Å². The predicted octanol–water partition coefficient (Wildman–Crippen LogP) is 2.75. The Balaban J connectivity index is 1.50. The van der Waals surface area contributed by atoms with Gasteiger partial charge in [-0.05, 0) is 52.3 Å². The minimum Gasteiger partial charge on any atom is -0.467 e. The summed E-state index contributed by atoms with van der Waals surface area (Å²) in [4.78, 5) is 21.3. The number of aromatic nitrogens is 4. The third-order valence-electron chi connectivity index (χ3n) is 4.55. The molecule has 3 rings (SSSR count). The van der Waals surface area contributed by atoms with Gasteiger partial charge in [0.05, 0.1) is 18.4 Å². The van der Waals surface area contributed by atoms with Crippen LogP contribution in [0.25, 0.3) is 5.95 Å². The van der Waals surface area contributed by atoms with Gasteiger partial charge in [0.2, 0.25) is 5.91 Å². The molecule has 3 aromatic heterocycles. The fourth-order valence-corrected chi connectivity index (χ4v) is 3.12. The Labute approximate surface area is 170 Å². The molecule has 1 N–H and O–H groups in total. The molecule has 0 bridgehead atoms. The number of nitrogens with one attached hydrogen (secondary N) is 1. The summed E-state index contributed by atoms with van der Waals surface area (Å²) < 4.78 is 12.4. The molecule has 8 nitrogen and oxygen atoms in total. The molecule has 0 atom stereocenters. The standard InChI is InChI=1S/C21H27N5O3/c1-14-11-15(2)24-21(23-14)26-17(4)19(16(3)25-26)12-20(27)22-8-6-9-28-13-18-7-5-10-29-18/h5,7,10-11H,6,8-9,12-13H2,1-4H3,(H,22,27). The monoisotopic (exact) mass is 397 g/mol. The molecule has 0 spiro atoms. The molecule has 0 aliphatic rings. The highest BCUT2D eigenvalue weighted by atomic mass is 16.5. The van der Waals surface area contributed by atoms with Crippen LogP contribution in [0.3, 0.4) is 0 Å². The molecule has 0 saturated carbocycles. The number of hydrogen-bond donors (Lipinski definition) is 1. The van der Waals surface area contributed by atoms with Gasteiger partial charge in [-0.1, -0.05) is 0 Å². The summed E-state index contributed by atoms with van der Waals surface area (Å²) in [6.07, 6.45) is 2.63. The summed E-state index contributed by atoms with van der Waals surface area (Å²) in [5.74, 6) is 1.29. The molecule has 3 aromatic rings. The number of nitrogens with zero attached hydrogens (tertiary/aromatic N) is 4. The summed E-state index contributed by atoms with van der Waals surface area (Å²) in [6.45, 7) is 9.25. The molecule has 0 unspecified atom stereocenters. The minimum absolute atomic E-state index is 0.0388. The van der Waals surface area contributed by atoms with E-state index in [1.165, 1.54) is 0 Å². The van der Waals surface area contributed by atoms with Crippen molar-refractivity contribution in [1.29, 1.82) is 0 Å². The molecule has 0 fully saturated rings. The van der Waals surface area contributed by atoms with Crippen LogP contribution in [0.5, 0.6) is 0 Å². The first kappa shape index (κ1) is 20.7. The summed E-state index contributed by atoms with van der Waals surface area (Å²) in [5.41, 5.74) is 4.35. The van der Waals surface area contributed by atoms with Crippen molar-refractivity contribution in [3.63, 3.8) is 0 Å². The molecule has 0 radical (unpaired) electrons. The Morgan fingerprint density at radius 3 is 2.66 bits per heavy atom. The van der Waals surface area contributed by atoms with Crippen molar-refractivity contribution < 1.29 is 13.9 Å². The van der Waals surface area contributed by atoms with Crippen molar-refractivity contribution in [1.82, 2.24) is 25.1 Å². The van der Waals surface area contributed by atoms with Gasteiger partial charge in [-0.3, -0.25) is 4.79 Å². The zero-order valence-corrected chi connectivity index (χ0v) is 17.4. The van der Waals surface area contributed by atoms with Crippen molar-refractivity contribution in [3.05, 3.63) is 58.6 Å². The van der Waals surface area contributed by atoms with Gasteiger partial charge in [-0.2, -0.15) is 5.10 Å². The van der Waals surface area contributed by atoms with E-state index in [0.717, 1.165) is 40.5 Å². The third-order valence-corrected chi connectivity index (χ3v) is 4.55. The second-order valence-electron chi connectivity index (χ2n) is 7.02. The molecular formula is C21H27N5O3. The van der Waals surface area contributed by atoms with Crippen LogP contribution in [0.1, 0.15) is 40.5 Å². The van der Waals surface area contributed by atoms with Crippen LogP contribution < -0.4 is 5.32 Å². The summed E-state index contributed by atoms with van der Waals surface area (Å²) in [6, 6.07) is 5.62. The van der Waals surface area contributed by atoms with Crippen LogP contribution in [-0.2, 0) is 22.6 Å². The predicted molar refractivity (Wildman–Crippen MR) is 108 cm³/mol. The SMILES string of the molecule is Cc1cc(C)nc(-n2nc(C)c(CC(=O)NCCCOCc3ccco3)c2C)n1. The Morgan fingerprint density at radius 1 is 1.21 bits per heavy atom. The first-order valence-corrected chi connectivity index (χ1v) is 9.68. The Morgan fingerprint density at radius 2 is 1.97 bits per heavy atom. The van der Waals surface area contributed by atoms with Crippen molar-refractivity contribution in [3.8, 4) is 5.95 Å². The molecule has 0 aliphatic heterocycles. The lowest BCUT2D eigenvalue weighted by Gasteiger charge is -2.07. The number of rotatable bonds is 9. The lowest BCUT2D eigenvalue weighted by Crippen LogP contribution is -2.27. The maximum absolute atomic E-state index is 12.4. The van der Waals surface area contributed by atoms with Crippen LogP contribution in [0.15, 0.2) is 28.9 Å². The lowest BCUT2D eigenvalue weighted by molar-refractivity contribution is -0.120. The zero-order valence-electron chi connectivity index (χ0n) is 17.4. The largest absolute Gasteiger partial charge is 0.467 e. The maximum Gasteiger partial charge on any atom is 0.251 e. The normalized spacial score (nSPS) is 11.0. The van der Waals surface area contributed by atoms with Gasteiger partial charge in [-0.25, -0.2) is 14.6 Å². The average molecular weight is 397 g/mol. The van der Waals surface area contributed by atoms with Crippen LogP contribution in [-0.4, -0.2) is 38.8 Å². The Kier molecular flexibility index (Phi) is 6.77. The highest BCUT2D eigenvalue weighted by molar-refractivity contribution is 5.79. The van der Waals surface area contributed by atoms with Crippen molar-refractivity contribution in [2.24, 2.45) is 0 Å². The van der Waals surface area contributed by atoms with Gasteiger partial charge < -0.3 is 14.5 Å². The lowest BCUT2D eigenvalue weighted by atomic mass is 10.1. The molecule has 0 aliphatic carbocycles. The fraction of sp³-hybridized carbons (Fsp3) is 0.429. The van der Waals surface area contributed by atoms with E-state index in [-0.39, 0.29) is 12.3 Å². The molecular weight excluding hydrogens is 370 g/mol. The van der Waals surface area contributed by atoms with Gasteiger partial charge in [0.25, 0.3) is 5.95 Å². The summed E-state index contributed by atoms with van der Waals surface area (Å²) in [5, 5.41) is 7.48. The molecule has 1 amide bonds. The Hall–Kier alpha value is -3.00. The van der Waals surface area contributed by atoms with E-state index in [1.54, 1.807) is 10.9 Å². The summed E-state index contributed by atoms with van der Waals surface area (Å²) in [7, 11) is 0. The average Bonchev–Trinajstić information content (AvgIpc) is 3.27.